The third-order valence-corrected chi connectivity index (χ3v) is 1.79. The summed E-state index contributed by atoms with van der Waals surface area (Å²) in [6.07, 6.45) is 0.580. The fourth-order valence-corrected chi connectivity index (χ4v) is 1.20. The van der Waals surface area contributed by atoms with Crippen LogP contribution < -0.4 is 5.32 Å². The summed E-state index contributed by atoms with van der Waals surface area (Å²) in [6, 6.07) is 0. The third-order valence-electron chi connectivity index (χ3n) is 1.60. The van der Waals surface area contributed by atoms with Gasteiger partial charge < -0.3 is 10.4 Å². The number of rotatable bonds is 6. The third kappa shape index (κ3) is 8.06. The Morgan fingerprint density at radius 2 is 2.15 bits per heavy atom. The predicted octanol–water partition coefficient (Wildman–Crippen LogP) is 1.14. The minimum atomic E-state index is -0.445. The molecule has 1 atom stereocenters. The quantitative estimate of drug-likeness (QED) is 0.642. The summed E-state index contributed by atoms with van der Waals surface area (Å²) in [7, 11) is 0. The van der Waals surface area contributed by atoms with E-state index in [2.05, 4.69) is 5.32 Å². The number of hydrogen-bond donors (Lipinski definition) is 2. The summed E-state index contributed by atoms with van der Waals surface area (Å²) >= 11 is 5.37. The van der Waals surface area contributed by atoms with Gasteiger partial charge in [0.1, 0.15) is 0 Å². The number of carbonyl (C=O) groups is 1. The number of aliphatic hydroxyl groups is 1. The van der Waals surface area contributed by atoms with Gasteiger partial charge in [0.2, 0.25) is 5.91 Å². The fourth-order valence-electron chi connectivity index (χ4n) is 1.03. The summed E-state index contributed by atoms with van der Waals surface area (Å²) in [5, 5.41) is 12.0. The average Bonchev–Trinajstić information content (AvgIpc) is 2.00. The first kappa shape index (κ1) is 12.7. The molecule has 0 radical (unpaired) electrons. The van der Waals surface area contributed by atoms with Crippen molar-refractivity contribution >= 4 is 17.5 Å². The molecule has 0 saturated heterocycles. The Hall–Kier alpha value is -0.280. The molecule has 0 aliphatic rings. The Kier molecular flexibility index (Phi) is 7.00. The number of hydrogen-bond acceptors (Lipinski definition) is 2. The molecule has 0 fully saturated rings. The Morgan fingerprint density at radius 1 is 1.54 bits per heavy atom. The van der Waals surface area contributed by atoms with Gasteiger partial charge in [-0.25, -0.2) is 0 Å². The highest BCUT2D eigenvalue weighted by atomic mass is 35.5. The lowest BCUT2D eigenvalue weighted by atomic mass is 10.1. The first-order valence-electron chi connectivity index (χ1n) is 4.57. The molecule has 0 aromatic carbocycles. The van der Waals surface area contributed by atoms with Crippen LogP contribution in [0.3, 0.4) is 0 Å². The van der Waals surface area contributed by atoms with E-state index in [9.17, 15) is 9.90 Å². The number of alkyl halides is 1. The van der Waals surface area contributed by atoms with Crippen LogP contribution in [0.4, 0.5) is 0 Å². The second-order valence-corrected chi connectivity index (χ2v) is 3.90. The van der Waals surface area contributed by atoms with Crippen LogP contribution in [0.1, 0.15) is 26.7 Å². The van der Waals surface area contributed by atoms with Crippen molar-refractivity contribution in [2.24, 2.45) is 5.92 Å². The second-order valence-electron chi connectivity index (χ2n) is 3.53. The van der Waals surface area contributed by atoms with Gasteiger partial charge in [-0.1, -0.05) is 13.8 Å². The second kappa shape index (κ2) is 7.15. The molecule has 0 aliphatic carbocycles. The Balaban J connectivity index is 3.45. The highest BCUT2D eigenvalue weighted by molar-refractivity contribution is 6.18. The largest absolute Gasteiger partial charge is 0.391 e. The van der Waals surface area contributed by atoms with Gasteiger partial charge >= 0.3 is 0 Å². The molecule has 13 heavy (non-hydrogen) atoms. The van der Waals surface area contributed by atoms with Crippen LogP contribution in [0.15, 0.2) is 0 Å². The zero-order valence-electron chi connectivity index (χ0n) is 8.22. The lowest BCUT2D eigenvalue weighted by Crippen LogP contribution is -2.32. The van der Waals surface area contributed by atoms with Crippen LogP contribution in [-0.2, 0) is 4.79 Å². The average molecular weight is 208 g/mol. The van der Waals surface area contributed by atoms with Crippen molar-refractivity contribution in [3.63, 3.8) is 0 Å². The lowest BCUT2D eigenvalue weighted by Gasteiger charge is -2.13. The number of nitrogens with one attached hydrogen (secondary N) is 1. The summed E-state index contributed by atoms with van der Waals surface area (Å²) in [5.74, 6) is 0.671. The van der Waals surface area contributed by atoms with E-state index in [0.29, 0.717) is 31.2 Å². The van der Waals surface area contributed by atoms with Gasteiger partial charge in [-0.2, -0.15) is 0 Å². The first-order valence-corrected chi connectivity index (χ1v) is 5.10. The summed E-state index contributed by atoms with van der Waals surface area (Å²) < 4.78 is 0. The number of carbonyl (C=O) groups excluding carboxylic acids is 1. The van der Waals surface area contributed by atoms with Crippen molar-refractivity contribution in [3.05, 3.63) is 0 Å². The normalized spacial score (nSPS) is 13.0. The molecule has 78 valence electrons. The first-order chi connectivity index (χ1) is 6.06. The van der Waals surface area contributed by atoms with E-state index < -0.39 is 6.10 Å². The highest BCUT2D eigenvalue weighted by Gasteiger charge is 2.08. The SMILES string of the molecule is CC(C)CC(O)CNC(=O)CCCl. The van der Waals surface area contributed by atoms with Gasteiger partial charge in [-0.05, 0) is 12.3 Å². The molecule has 2 N–H and O–H groups in total. The number of aliphatic hydroxyl groups excluding tert-OH is 1. The van der Waals surface area contributed by atoms with Crippen LogP contribution in [0.5, 0.6) is 0 Å². The molecule has 0 spiro atoms. The van der Waals surface area contributed by atoms with Gasteiger partial charge in [-0.15, -0.1) is 11.6 Å². The summed E-state index contributed by atoms with van der Waals surface area (Å²) in [5.41, 5.74) is 0. The van der Waals surface area contributed by atoms with E-state index in [-0.39, 0.29) is 5.91 Å². The van der Waals surface area contributed by atoms with Crippen LogP contribution in [0.25, 0.3) is 0 Å². The standard InChI is InChI=1S/C9H18ClNO2/c1-7(2)5-8(12)6-11-9(13)3-4-10/h7-8,12H,3-6H2,1-2H3,(H,11,13). The van der Waals surface area contributed by atoms with Crippen molar-refractivity contribution in [1.29, 1.82) is 0 Å². The molecule has 1 amide bonds. The van der Waals surface area contributed by atoms with E-state index in [1.165, 1.54) is 0 Å². The molecule has 0 aromatic rings. The molecule has 1 unspecified atom stereocenters. The molecule has 0 heterocycles. The zero-order valence-corrected chi connectivity index (χ0v) is 8.97. The molecular formula is C9H18ClNO2. The van der Waals surface area contributed by atoms with E-state index in [1.807, 2.05) is 13.8 Å². The monoisotopic (exact) mass is 207 g/mol. The van der Waals surface area contributed by atoms with Crippen LogP contribution >= 0.6 is 11.6 Å². The van der Waals surface area contributed by atoms with Crippen molar-refractivity contribution in [3.8, 4) is 0 Å². The molecule has 0 bridgehead atoms. The summed E-state index contributed by atoms with van der Waals surface area (Å²) in [6.45, 7) is 4.39. The maximum Gasteiger partial charge on any atom is 0.221 e. The molecule has 0 aromatic heterocycles. The molecule has 0 rings (SSSR count). The van der Waals surface area contributed by atoms with Gasteiger partial charge in [0.15, 0.2) is 0 Å². The summed E-state index contributed by atoms with van der Waals surface area (Å²) in [4.78, 5) is 10.9. The predicted molar refractivity (Wildman–Crippen MR) is 53.8 cm³/mol. The van der Waals surface area contributed by atoms with E-state index in [0.717, 1.165) is 0 Å². The van der Waals surface area contributed by atoms with Crippen LogP contribution in [-0.4, -0.2) is 29.5 Å². The van der Waals surface area contributed by atoms with E-state index in [1.54, 1.807) is 0 Å². The van der Waals surface area contributed by atoms with Gasteiger partial charge in [-0.3, -0.25) is 4.79 Å². The lowest BCUT2D eigenvalue weighted by molar-refractivity contribution is -0.121. The van der Waals surface area contributed by atoms with Crippen LogP contribution in [0.2, 0.25) is 0 Å². The Morgan fingerprint density at radius 3 is 2.62 bits per heavy atom. The minimum Gasteiger partial charge on any atom is -0.391 e. The molecule has 0 saturated carbocycles. The molecular weight excluding hydrogens is 190 g/mol. The maximum atomic E-state index is 10.9. The zero-order chi connectivity index (χ0) is 10.3. The molecule has 4 heteroatoms. The van der Waals surface area contributed by atoms with Crippen molar-refractivity contribution < 1.29 is 9.90 Å². The van der Waals surface area contributed by atoms with Gasteiger partial charge in [0.25, 0.3) is 0 Å². The smallest absolute Gasteiger partial charge is 0.221 e. The van der Waals surface area contributed by atoms with E-state index >= 15 is 0 Å². The van der Waals surface area contributed by atoms with Crippen molar-refractivity contribution in [2.75, 3.05) is 12.4 Å². The fraction of sp³-hybridized carbons (Fsp3) is 0.889. The van der Waals surface area contributed by atoms with Crippen LogP contribution in [0, 0.1) is 5.92 Å². The minimum absolute atomic E-state index is 0.0993. The van der Waals surface area contributed by atoms with Crippen molar-refractivity contribution in [2.45, 2.75) is 32.8 Å². The van der Waals surface area contributed by atoms with E-state index in [4.69, 9.17) is 11.6 Å². The molecule has 3 nitrogen and oxygen atoms in total. The number of halogens is 1. The molecule has 0 aliphatic heterocycles. The Labute approximate surface area is 84.5 Å². The van der Waals surface area contributed by atoms with Gasteiger partial charge in [0.05, 0.1) is 6.10 Å². The number of amides is 1. The topological polar surface area (TPSA) is 49.3 Å². The maximum absolute atomic E-state index is 10.9. The van der Waals surface area contributed by atoms with Crippen molar-refractivity contribution in [1.82, 2.24) is 5.32 Å². The highest BCUT2D eigenvalue weighted by Crippen LogP contribution is 2.03. The Bertz CT molecular complexity index is 151. The van der Waals surface area contributed by atoms with Gasteiger partial charge in [0, 0.05) is 18.8 Å².